The number of ether oxygens (including phenoxy) is 1. The van der Waals surface area contributed by atoms with E-state index in [-0.39, 0.29) is 37.1 Å². The van der Waals surface area contributed by atoms with Gasteiger partial charge >= 0.3 is 5.97 Å². The number of hydrogen-bond acceptors (Lipinski definition) is 21. The Morgan fingerprint density at radius 3 is 1.95 bits per heavy atom. The molecule has 38 heteroatoms. The van der Waals surface area contributed by atoms with Gasteiger partial charge in [0.15, 0.2) is 5.82 Å². The minimum atomic E-state index is -2.41. The number of carbonyl (C=O) groups is 12. The van der Waals surface area contributed by atoms with Crippen LogP contribution >= 0.6 is 0 Å². The van der Waals surface area contributed by atoms with Crippen molar-refractivity contribution < 1.29 is 87.1 Å². The number of primary amides is 1. The Morgan fingerprint density at radius 1 is 0.675 bits per heavy atom. The van der Waals surface area contributed by atoms with Crippen LogP contribution in [-0.2, 0) is 96.1 Å². The molecule has 2 heterocycles. The summed E-state index contributed by atoms with van der Waals surface area (Å²) < 4.78 is 21.5. The third kappa shape index (κ3) is 28.8. The number of aromatic amines is 2. The maximum atomic E-state index is 15.5. The molecule has 0 unspecified atom stereocenters. The Bertz CT molecular complexity index is 4330. The van der Waals surface area contributed by atoms with Gasteiger partial charge in [0.1, 0.15) is 64.9 Å². The molecule has 6 rings (SSSR count). The van der Waals surface area contributed by atoms with Crippen LogP contribution < -0.4 is 63.6 Å². The predicted octanol–water partition coefficient (Wildman–Crippen LogP) is 0.445. The molecular weight excluding hydrogens is 1480 g/mol. The molecule has 114 heavy (non-hydrogen) atoms. The summed E-state index contributed by atoms with van der Waals surface area (Å²) in [4.78, 5) is 176. The Balaban J connectivity index is 1.16. The number of aliphatic hydroxyl groups is 3. The van der Waals surface area contributed by atoms with E-state index in [4.69, 9.17) is 16.0 Å². The van der Waals surface area contributed by atoms with Gasteiger partial charge in [-0.15, -0.1) is 10.2 Å². The van der Waals surface area contributed by atoms with Gasteiger partial charge in [-0.1, -0.05) is 95.1 Å². The first-order valence-electron chi connectivity index (χ1n) is 37.0. The number of amides is 11. The van der Waals surface area contributed by atoms with Gasteiger partial charge < -0.3 is 89.0 Å². The standard InChI is InChI=1S/C76H101FN20O17/c1-9-48-34-52(114-29-13-12-28-83-95-79)26-27-53(48)49-24-22-46(23-25-49)33-56(68(107)84-55(66(78)105)20-14-16-47-31-42(2)30-43(3)32-47)85-69(108)58(36-63(103)104)86-70(109)59(40-98)87-71(110)64(44(4)99)90-74(113)76(8,37-50-17-10-11-19-54(50)77)92-72(111)65(45(5)100)89-62(102)39-81-67(106)57(35-60-93-96-97-94-60)88-73(112)75(6,7)91-61(101)21-15-18-51-38-80-41-82-51/h10-11,17,19,22-27,30-32,34,38,41,44-45,55-59,64-65,98-100H,9,12-16,18,20-21,28-29,33,35-37,39-40H2,1-8H3,(H2,78,105)(H,80,82)(H,81,106)(H,84,107)(H,85,108)(H,86,109)(H,87,110)(H,88,112)(H,89,102)(H,90,113)(H,91,101)(H,92,111)(H,103,104)(H,93,94,96,97)/t44-,45-,55+,56+,57+,58+,59+,64+,65+,76+/m1/s1. The summed E-state index contributed by atoms with van der Waals surface area (Å²) in [5, 5.41) is 83.5. The summed E-state index contributed by atoms with van der Waals surface area (Å²) in [6.07, 6.45) is 0.707. The molecule has 6 aromatic rings. The number of imidazole rings is 1. The molecular formula is C76H101FN20O17. The van der Waals surface area contributed by atoms with Crippen molar-refractivity contribution in [2.75, 3.05) is 26.3 Å². The lowest BCUT2D eigenvalue weighted by molar-refractivity contribution is -0.142. The summed E-state index contributed by atoms with van der Waals surface area (Å²) in [5.74, 6) is -13.9. The van der Waals surface area contributed by atoms with Crippen LogP contribution in [0.4, 0.5) is 4.39 Å². The van der Waals surface area contributed by atoms with Crippen molar-refractivity contribution in [3.05, 3.63) is 159 Å². The van der Waals surface area contributed by atoms with Crippen molar-refractivity contribution in [2.45, 2.75) is 204 Å². The van der Waals surface area contributed by atoms with Crippen molar-refractivity contribution >= 4 is 70.9 Å². The van der Waals surface area contributed by atoms with Crippen LogP contribution in [0.15, 0.2) is 103 Å². The minimum absolute atomic E-state index is 0.0272. The van der Waals surface area contributed by atoms with E-state index in [1.54, 1.807) is 30.5 Å². The highest BCUT2D eigenvalue weighted by Crippen LogP contribution is 2.29. The van der Waals surface area contributed by atoms with Crippen molar-refractivity contribution in [3.8, 4) is 16.9 Å². The lowest BCUT2D eigenvalue weighted by Crippen LogP contribution is -2.67. The number of unbranched alkanes of at least 4 members (excludes halogenated alkanes) is 1. The Morgan fingerprint density at radius 2 is 1.32 bits per heavy atom. The van der Waals surface area contributed by atoms with E-state index in [9.17, 15) is 78.0 Å². The number of benzene rings is 4. The number of aryl methyl sites for hydroxylation is 5. The number of hydrogen-bond donors (Lipinski definition) is 17. The molecule has 2 aromatic heterocycles. The normalized spacial score (nSPS) is 14.1. The molecule has 0 bridgehead atoms. The largest absolute Gasteiger partial charge is 0.494 e. The second-order valence-corrected chi connectivity index (χ2v) is 28.3. The first kappa shape index (κ1) is 90.6. The number of aliphatic carboxylic acids is 1. The van der Waals surface area contributed by atoms with Gasteiger partial charge in [0.2, 0.25) is 65.0 Å². The average Bonchev–Trinajstić information content (AvgIpc) is 1.00. The monoisotopic (exact) mass is 1580 g/mol. The van der Waals surface area contributed by atoms with Crippen LogP contribution in [0.5, 0.6) is 5.75 Å². The number of rotatable bonds is 47. The first-order chi connectivity index (χ1) is 54.1. The first-order valence-corrected chi connectivity index (χ1v) is 37.0. The topological polar surface area (TPSA) is 573 Å². The van der Waals surface area contributed by atoms with Crippen molar-refractivity contribution in [1.29, 1.82) is 0 Å². The zero-order chi connectivity index (χ0) is 83.8. The third-order valence-corrected chi connectivity index (χ3v) is 18.3. The molecule has 18 N–H and O–H groups in total. The number of carboxylic acids is 1. The van der Waals surface area contributed by atoms with Crippen LogP contribution in [0.3, 0.4) is 0 Å². The summed E-state index contributed by atoms with van der Waals surface area (Å²) in [5.41, 5.74) is 17.0. The van der Waals surface area contributed by atoms with E-state index in [0.29, 0.717) is 69.4 Å². The number of aliphatic hydroxyl groups excluding tert-OH is 3. The third-order valence-electron chi connectivity index (χ3n) is 18.3. The Hall–Kier alpha value is -12.3. The number of nitrogens with zero attached hydrogens (tertiary/aromatic N) is 7. The summed E-state index contributed by atoms with van der Waals surface area (Å²) in [6, 6.07) is 10.9. The van der Waals surface area contributed by atoms with E-state index in [0.717, 1.165) is 65.9 Å². The number of tetrazole rings is 1. The Kier molecular flexibility index (Phi) is 35.0. The maximum Gasteiger partial charge on any atom is 0.305 e. The number of nitrogens with one attached hydrogen (secondary N) is 12. The summed E-state index contributed by atoms with van der Waals surface area (Å²) >= 11 is 0. The van der Waals surface area contributed by atoms with Crippen LogP contribution in [0, 0.1) is 19.7 Å². The van der Waals surface area contributed by atoms with E-state index >= 15 is 4.39 Å². The van der Waals surface area contributed by atoms with Crippen molar-refractivity contribution in [1.82, 2.24) is 83.8 Å². The fourth-order valence-electron chi connectivity index (χ4n) is 12.2. The Labute approximate surface area is 656 Å². The van der Waals surface area contributed by atoms with Gasteiger partial charge in [-0.2, -0.15) is 5.21 Å². The SMILES string of the molecule is CCc1cc(OCCCCN=[N+]=[N-])ccc1-c1ccc(C[C@H](NC(=O)[C@H](CC(=O)O)NC(=O)[C@H](CO)NC(=O)[C@@H](NC(=O)[C@](C)(Cc2ccccc2F)NC(=O)[C@@H](NC(=O)CNC(=O)[C@H](Cc2nn[nH]n2)NC(=O)C(C)(C)NC(=O)CCCc2c[nH]cn2)[C@@H](C)O)[C@@H](C)O)C(=O)N[C@@H](CCCc2cc(C)cc(C)c2)C(N)=O)cc1. The minimum Gasteiger partial charge on any atom is -0.494 e. The molecule has 0 spiro atoms. The van der Waals surface area contributed by atoms with E-state index in [1.165, 1.54) is 38.4 Å². The molecule has 0 aliphatic carbocycles. The smallest absolute Gasteiger partial charge is 0.305 e. The van der Waals surface area contributed by atoms with Gasteiger partial charge in [-0.3, -0.25) is 57.5 Å². The van der Waals surface area contributed by atoms with Crippen LogP contribution in [-0.4, -0.2) is 214 Å². The molecule has 10 atom stereocenters. The highest BCUT2D eigenvalue weighted by Gasteiger charge is 2.43. The molecule has 0 radical (unpaired) electrons. The van der Waals surface area contributed by atoms with Gasteiger partial charge in [-0.05, 0) is 157 Å². The van der Waals surface area contributed by atoms with Gasteiger partial charge in [0.25, 0.3) is 0 Å². The molecule has 0 saturated carbocycles. The molecule has 0 aliphatic heterocycles. The molecule has 614 valence electrons. The van der Waals surface area contributed by atoms with Gasteiger partial charge in [0, 0.05) is 43.3 Å². The maximum absolute atomic E-state index is 15.5. The van der Waals surface area contributed by atoms with Gasteiger partial charge in [-0.25, -0.2) is 9.37 Å². The van der Waals surface area contributed by atoms with Crippen LogP contribution in [0.25, 0.3) is 21.6 Å². The number of H-pyrrole nitrogens is 2. The van der Waals surface area contributed by atoms with E-state index in [2.05, 4.69) is 93.8 Å². The summed E-state index contributed by atoms with van der Waals surface area (Å²) in [7, 11) is 0. The lowest BCUT2D eigenvalue weighted by atomic mass is 9.90. The molecule has 0 saturated heterocycles. The predicted molar refractivity (Wildman–Crippen MR) is 409 cm³/mol. The second-order valence-electron chi connectivity index (χ2n) is 28.3. The number of nitrogens with two attached hydrogens (primary N) is 1. The number of carboxylic acid groups (broad SMARTS) is 1. The zero-order valence-corrected chi connectivity index (χ0v) is 64.6. The second kappa shape index (κ2) is 44.1. The molecule has 37 nitrogen and oxygen atoms in total. The fraction of sp³-hybridized carbons (Fsp3) is 0.474. The quantitative estimate of drug-likeness (QED) is 0.0107. The van der Waals surface area contributed by atoms with Crippen LogP contribution in [0.2, 0.25) is 0 Å². The number of carbonyl (C=O) groups excluding carboxylic acids is 11. The molecule has 4 aromatic carbocycles. The summed E-state index contributed by atoms with van der Waals surface area (Å²) in [6.45, 7) is 10.3. The number of halogens is 1. The number of azide groups is 1. The highest BCUT2D eigenvalue weighted by molar-refractivity contribution is 6.00. The number of aromatic nitrogens is 6. The van der Waals surface area contributed by atoms with Crippen molar-refractivity contribution in [3.63, 3.8) is 0 Å². The molecule has 0 fully saturated rings. The fourth-order valence-corrected chi connectivity index (χ4v) is 12.2. The molecule has 0 aliphatic rings. The average molecular weight is 1590 g/mol. The van der Waals surface area contributed by atoms with Crippen LogP contribution in [0.1, 0.15) is 131 Å². The zero-order valence-electron chi connectivity index (χ0n) is 64.6. The lowest BCUT2D eigenvalue weighted by Gasteiger charge is -2.34. The molecule has 11 amide bonds. The van der Waals surface area contributed by atoms with E-state index in [1.807, 2.05) is 57.2 Å². The van der Waals surface area contributed by atoms with Gasteiger partial charge in [0.05, 0.1) is 50.4 Å². The van der Waals surface area contributed by atoms with E-state index < -0.39 is 168 Å². The van der Waals surface area contributed by atoms with Crippen molar-refractivity contribution in [2.24, 2.45) is 10.8 Å². The highest BCUT2D eigenvalue weighted by atomic mass is 19.1.